The van der Waals surface area contributed by atoms with Crippen molar-refractivity contribution in [1.82, 2.24) is 9.97 Å². The SMILES string of the molecule is Cc1nc(C(=O)O)c2[nH]ccc2c1C. The van der Waals surface area contributed by atoms with Gasteiger partial charge in [-0.1, -0.05) is 0 Å². The van der Waals surface area contributed by atoms with Crippen molar-refractivity contribution >= 4 is 16.9 Å². The van der Waals surface area contributed by atoms with Gasteiger partial charge in [0.1, 0.15) is 0 Å². The summed E-state index contributed by atoms with van der Waals surface area (Å²) in [6, 6.07) is 1.87. The van der Waals surface area contributed by atoms with E-state index in [1.54, 1.807) is 6.20 Å². The van der Waals surface area contributed by atoms with E-state index in [2.05, 4.69) is 9.97 Å². The number of pyridine rings is 1. The molecular formula is C10H10N2O2. The van der Waals surface area contributed by atoms with Gasteiger partial charge in [-0.3, -0.25) is 0 Å². The van der Waals surface area contributed by atoms with Crippen LogP contribution in [0.5, 0.6) is 0 Å². The second-order valence-electron chi connectivity index (χ2n) is 3.24. The standard InChI is InChI=1S/C10H10N2O2/c1-5-6(2)12-9(10(13)14)8-7(5)3-4-11-8/h3-4,11H,1-2H3,(H,13,14). The quantitative estimate of drug-likeness (QED) is 0.721. The van der Waals surface area contributed by atoms with E-state index in [1.165, 1.54) is 0 Å². The molecule has 0 saturated heterocycles. The maximum Gasteiger partial charge on any atom is 0.356 e. The van der Waals surface area contributed by atoms with Crippen LogP contribution in [0.1, 0.15) is 21.7 Å². The highest BCUT2D eigenvalue weighted by Crippen LogP contribution is 2.21. The second-order valence-corrected chi connectivity index (χ2v) is 3.24. The summed E-state index contributed by atoms with van der Waals surface area (Å²) in [6.45, 7) is 3.75. The predicted molar refractivity (Wildman–Crippen MR) is 52.5 cm³/mol. The number of aromatic carboxylic acids is 1. The van der Waals surface area contributed by atoms with Gasteiger partial charge in [0.15, 0.2) is 5.69 Å². The van der Waals surface area contributed by atoms with Gasteiger partial charge in [-0.2, -0.15) is 0 Å². The third-order valence-corrected chi connectivity index (χ3v) is 2.41. The molecule has 0 radical (unpaired) electrons. The van der Waals surface area contributed by atoms with Crippen LogP contribution in [0.15, 0.2) is 12.3 Å². The number of H-pyrrole nitrogens is 1. The largest absolute Gasteiger partial charge is 0.476 e. The van der Waals surface area contributed by atoms with Crippen molar-refractivity contribution in [3.63, 3.8) is 0 Å². The van der Waals surface area contributed by atoms with E-state index in [0.717, 1.165) is 16.6 Å². The minimum atomic E-state index is -0.999. The van der Waals surface area contributed by atoms with Gasteiger partial charge >= 0.3 is 5.97 Å². The predicted octanol–water partition coefficient (Wildman–Crippen LogP) is 1.88. The maximum absolute atomic E-state index is 10.9. The molecule has 2 rings (SSSR count). The van der Waals surface area contributed by atoms with Crippen molar-refractivity contribution in [2.45, 2.75) is 13.8 Å². The highest BCUT2D eigenvalue weighted by Gasteiger charge is 2.14. The molecule has 2 N–H and O–H groups in total. The topological polar surface area (TPSA) is 66.0 Å². The van der Waals surface area contributed by atoms with Gasteiger partial charge in [0.25, 0.3) is 0 Å². The summed E-state index contributed by atoms with van der Waals surface area (Å²) in [4.78, 5) is 17.8. The highest BCUT2D eigenvalue weighted by molar-refractivity contribution is 6.01. The summed E-state index contributed by atoms with van der Waals surface area (Å²) in [5, 5.41) is 9.86. The smallest absolute Gasteiger partial charge is 0.356 e. The summed E-state index contributed by atoms with van der Waals surface area (Å²) in [7, 11) is 0. The summed E-state index contributed by atoms with van der Waals surface area (Å²) in [5.74, 6) is -0.999. The first-order valence-electron chi connectivity index (χ1n) is 4.29. The Hall–Kier alpha value is -1.84. The zero-order valence-electron chi connectivity index (χ0n) is 7.96. The molecule has 4 heteroatoms. The number of hydrogen-bond donors (Lipinski definition) is 2. The minimum Gasteiger partial charge on any atom is -0.476 e. The molecule has 0 saturated carbocycles. The first-order valence-corrected chi connectivity index (χ1v) is 4.29. The fourth-order valence-corrected chi connectivity index (χ4v) is 1.53. The molecule has 0 spiro atoms. The van der Waals surface area contributed by atoms with Crippen LogP contribution >= 0.6 is 0 Å². The number of aryl methyl sites for hydroxylation is 2. The average Bonchev–Trinajstić information content (AvgIpc) is 2.59. The molecule has 0 atom stereocenters. The Morgan fingerprint density at radius 1 is 1.50 bits per heavy atom. The number of aromatic nitrogens is 2. The zero-order chi connectivity index (χ0) is 10.3. The first kappa shape index (κ1) is 8.74. The third kappa shape index (κ3) is 1.08. The fourth-order valence-electron chi connectivity index (χ4n) is 1.53. The molecule has 4 nitrogen and oxygen atoms in total. The van der Waals surface area contributed by atoms with E-state index >= 15 is 0 Å². The molecule has 0 aliphatic carbocycles. The molecule has 14 heavy (non-hydrogen) atoms. The van der Waals surface area contributed by atoms with E-state index < -0.39 is 5.97 Å². The second kappa shape index (κ2) is 2.83. The van der Waals surface area contributed by atoms with Crippen molar-refractivity contribution in [1.29, 1.82) is 0 Å². The van der Waals surface area contributed by atoms with Crippen molar-refractivity contribution in [2.24, 2.45) is 0 Å². The summed E-state index contributed by atoms with van der Waals surface area (Å²) < 4.78 is 0. The van der Waals surface area contributed by atoms with E-state index in [4.69, 9.17) is 5.11 Å². The number of carboxylic acid groups (broad SMARTS) is 1. The highest BCUT2D eigenvalue weighted by atomic mass is 16.4. The molecular weight excluding hydrogens is 180 g/mol. The summed E-state index contributed by atoms with van der Waals surface area (Å²) >= 11 is 0. The Morgan fingerprint density at radius 3 is 2.86 bits per heavy atom. The van der Waals surface area contributed by atoms with Gasteiger partial charge in [-0.15, -0.1) is 0 Å². The Balaban J connectivity index is 2.91. The van der Waals surface area contributed by atoms with Gasteiger partial charge < -0.3 is 10.1 Å². The number of fused-ring (bicyclic) bond motifs is 1. The van der Waals surface area contributed by atoms with E-state index in [1.807, 2.05) is 19.9 Å². The van der Waals surface area contributed by atoms with Crippen molar-refractivity contribution in [2.75, 3.05) is 0 Å². The number of carbonyl (C=O) groups is 1. The first-order chi connectivity index (χ1) is 6.61. The number of carboxylic acids is 1. The third-order valence-electron chi connectivity index (χ3n) is 2.41. The monoisotopic (exact) mass is 190 g/mol. The van der Waals surface area contributed by atoms with Gasteiger partial charge in [0, 0.05) is 17.3 Å². The molecule has 0 amide bonds. The van der Waals surface area contributed by atoms with Crippen LogP contribution in [0.4, 0.5) is 0 Å². The molecule has 0 aromatic carbocycles. The van der Waals surface area contributed by atoms with E-state index in [9.17, 15) is 4.79 Å². The normalized spacial score (nSPS) is 10.7. The molecule has 2 heterocycles. The van der Waals surface area contributed by atoms with Crippen LogP contribution in [-0.4, -0.2) is 21.0 Å². The molecule has 0 bridgehead atoms. The van der Waals surface area contributed by atoms with Gasteiger partial charge in [-0.25, -0.2) is 9.78 Å². The lowest BCUT2D eigenvalue weighted by Crippen LogP contribution is -2.04. The molecule has 0 aliphatic heterocycles. The molecule has 0 unspecified atom stereocenters. The average molecular weight is 190 g/mol. The Kier molecular flexibility index (Phi) is 1.77. The zero-order valence-corrected chi connectivity index (χ0v) is 7.96. The molecule has 0 aliphatic rings. The van der Waals surface area contributed by atoms with Crippen LogP contribution in [0.25, 0.3) is 10.9 Å². The lowest BCUT2D eigenvalue weighted by molar-refractivity contribution is 0.0692. The van der Waals surface area contributed by atoms with Gasteiger partial charge in [-0.05, 0) is 25.5 Å². The maximum atomic E-state index is 10.9. The summed E-state index contributed by atoms with van der Waals surface area (Å²) in [6.07, 6.45) is 1.73. The number of nitrogens with one attached hydrogen (secondary N) is 1. The lowest BCUT2D eigenvalue weighted by atomic mass is 10.1. The van der Waals surface area contributed by atoms with Crippen LogP contribution in [0.3, 0.4) is 0 Å². The Bertz CT molecular complexity index is 514. The molecule has 2 aromatic heterocycles. The Morgan fingerprint density at radius 2 is 2.21 bits per heavy atom. The minimum absolute atomic E-state index is 0.0908. The lowest BCUT2D eigenvalue weighted by Gasteiger charge is -2.03. The van der Waals surface area contributed by atoms with Crippen LogP contribution in [0.2, 0.25) is 0 Å². The van der Waals surface area contributed by atoms with Crippen LogP contribution < -0.4 is 0 Å². The van der Waals surface area contributed by atoms with Crippen molar-refractivity contribution in [3.8, 4) is 0 Å². The molecule has 0 fully saturated rings. The molecule has 2 aromatic rings. The van der Waals surface area contributed by atoms with Crippen LogP contribution in [0, 0.1) is 13.8 Å². The number of hydrogen-bond acceptors (Lipinski definition) is 2. The Labute approximate surface area is 80.6 Å². The van der Waals surface area contributed by atoms with E-state index in [-0.39, 0.29) is 5.69 Å². The number of rotatable bonds is 1. The van der Waals surface area contributed by atoms with Gasteiger partial charge in [0.2, 0.25) is 0 Å². The fraction of sp³-hybridized carbons (Fsp3) is 0.200. The number of nitrogens with zero attached hydrogens (tertiary/aromatic N) is 1. The van der Waals surface area contributed by atoms with Crippen LogP contribution in [-0.2, 0) is 0 Å². The molecule has 72 valence electrons. The van der Waals surface area contributed by atoms with E-state index in [0.29, 0.717) is 5.52 Å². The number of aromatic amines is 1. The summed E-state index contributed by atoms with van der Waals surface area (Å²) in [5.41, 5.74) is 2.47. The van der Waals surface area contributed by atoms with Crippen molar-refractivity contribution < 1.29 is 9.90 Å². The van der Waals surface area contributed by atoms with Gasteiger partial charge in [0.05, 0.1) is 5.52 Å². The van der Waals surface area contributed by atoms with Crippen molar-refractivity contribution in [3.05, 3.63) is 29.2 Å².